The second-order valence-corrected chi connectivity index (χ2v) is 7.44. The van der Waals surface area contributed by atoms with Crippen LogP contribution in [0.2, 0.25) is 0 Å². The van der Waals surface area contributed by atoms with Gasteiger partial charge in [-0.25, -0.2) is 0 Å². The third kappa shape index (κ3) is 3.98. The van der Waals surface area contributed by atoms with E-state index in [0.717, 1.165) is 16.9 Å². The Bertz CT molecular complexity index is 852. The Morgan fingerprint density at radius 1 is 0.964 bits per heavy atom. The van der Waals surface area contributed by atoms with Gasteiger partial charge in [0.25, 0.3) is 11.8 Å². The van der Waals surface area contributed by atoms with Crippen molar-refractivity contribution in [1.82, 2.24) is 10.2 Å². The van der Waals surface area contributed by atoms with E-state index in [4.69, 9.17) is 0 Å². The molecule has 2 aromatic carbocycles. The maximum absolute atomic E-state index is 12.5. The Morgan fingerprint density at radius 2 is 1.54 bits per heavy atom. The van der Waals surface area contributed by atoms with Gasteiger partial charge in [0.1, 0.15) is 0 Å². The van der Waals surface area contributed by atoms with E-state index in [0.29, 0.717) is 11.1 Å². The Morgan fingerprint density at radius 3 is 2.04 bits per heavy atom. The molecule has 0 radical (unpaired) electrons. The van der Waals surface area contributed by atoms with Crippen LogP contribution in [-0.2, 0) is 11.2 Å². The van der Waals surface area contributed by atoms with Crippen LogP contribution in [0.25, 0.3) is 0 Å². The number of carbonyl (C=O) groups excluding carboxylic acids is 3. The van der Waals surface area contributed by atoms with Crippen LogP contribution in [0.1, 0.15) is 65.1 Å². The number of hydrogen-bond acceptors (Lipinski definition) is 3. The van der Waals surface area contributed by atoms with Gasteiger partial charge in [-0.05, 0) is 35.6 Å². The molecule has 0 bridgehead atoms. The van der Waals surface area contributed by atoms with Gasteiger partial charge < -0.3 is 5.32 Å². The lowest BCUT2D eigenvalue weighted by molar-refractivity contribution is -0.122. The number of carbonyl (C=O) groups is 3. The first kappa shape index (κ1) is 19.8. The van der Waals surface area contributed by atoms with Crippen molar-refractivity contribution in [3.05, 3.63) is 70.8 Å². The van der Waals surface area contributed by atoms with E-state index in [1.165, 1.54) is 5.56 Å². The highest BCUT2D eigenvalue weighted by atomic mass is 16.2. The molecule has 28 heavy (non-hydrogen) atoms. The third-order valence-corrected chi connectivity index (χ3v) is 5.17. The zero-order chi connectivity index (χ0) is 20.3. The molecule has 0 aromatic heterocycles. The first-order valence-electron chi connectivity index (χ1n) is 9.75. The average molecular weight is 378 g/mol. The van der Waals surface area contributed by atoms with Crippen LogP contribution in [0, 0.1) is 5.92 Å². The summed E-state index contributed by atoms with van der Waals surface area (Å²) in [7, 11) is 0. The molecule has 3 rings (SSSR count). The van der Waals surface area contributed by atoms with Crippen LogP contribution in [0.3, 0.4) is 0 Å². The first-order valence-corrected chi connectivity index (χ1v) is 9.75. The van der Waals surface area contributed by atoms with E-state index >= 15 is 0 Å². The Labute approximate surface area is 165 Å². The van der Waals surface area contributed by atoms with Gasteiger partial charge in [-0.3, -0.25) is 19.3 Å². The van der Waals surface area contributed by atoms with Crippen LogP contribution in [0.4, 0.5) is 0 Å². The molecule has 146 valence electrons. The van der Waals surface area contributed by atoms with E-state index in [1.54, 1.807) is 24.3 Å². The fourth-order valence-electron chi connectivity index (χ4n) is 3.50. The maximum atomic E-state index is 12.5. The molecule has 1 N–H and O–H groups in total. The van der Waals surface area contributed by atoms with Crippen LogP contribution in [0.15, 0.2) is 48.5 Å². The van der Waals surface area contributed by atoms with Crippen molar-refractivity contribution in [1.29, 1.82) is 0 Å². The van der Waals surface area contributed by atoms with Crippen molar-refractivity contribution in [2.45, 2.75) is 39.7 Å². The molecule has 0 unspecified atom stereocenters. The van der Waals surface area contributed by atoms with Gasteiger partial charge >= 0.3 is 0 Å². The number of benzene rings is 2. The van der Waals surface area contributed by atoms with Gasteiger partial charge in [0.15, 0.2) is 0 Å². The fraction of sp³-hybridized carbons (Fsp3) is 0.348. The van der Waals surface area contributed by atoms with Crippen LogP contribution >= 0.6 is 0 Å². The summed E-state index contributed by atoms with van der Waals surface area (Å²) in [4.78, 5) is 38.5. The first-order chi connectivity index (χ1) is 13.4. The molecular formula is C23H26N2O3. The third-order valence-electron chi connectivity index (χ3n) is 5.17. The Kier molecular flexibility index (Phi) is 5.93. The molecule has 1 aliphatic rings. The molecule has 1 aliphatic heterocycles. The Hall–Kier alpha value is -2.95. The topological polar surface area (TPSA) is 66.5 Å². The summed E-state index contributed by atoms with van der Waals surface area (Å²) in [6.07, 6.45) is 1.06. The van der Waals surface area contributed by atoms with E-state index < -0.39 is 0 Å². The standard InChI is InChI=1S/C23H26N2O3/c1-4-16-9-11-17(12-10-16)21(15(2)3)24-20(26)13-14-25-22(27)18-7-5-6-8-19(18)23(25)28/h5-12,15,21H,4,13-14H2,1-3H3,(H,24,26)/t21-/m0/s1. The van der Waals surface area contributed by atoms with Gasteiger partial charge in [-0.2, -0.15) is 0 Å². The summed E-state index contributed by atoms with van der Waals surface area (Å²) in [5, 5.41) is 3.06. The summed E-state index contributed by atoms with van der Waals surface area (Å²) in [6, 6.07) is 14.9. The van der Waals surface area contributed by atoms with Crippen molar-refractivity contribution < 1.29 is 14.4 Å². The van der Waals surface area contributed by atoms with Gasteiger partial charge in [0.2, 0.25) is 5.91 Å². The van der Waals surface area contributed by atoms with E-state index in [-0.39, 0.29) is 42.6 Å². The summed E-state index contributed by atoms with van der Waals surface area (Å²) < 4.78 is 0. The predicted octanol–water partition coefficient (Wildman–Crippen LogP) is 3.75. The van der Waals surface area contributed by atoms with E-state index in [1.807, 2.05) is 12.1 Å². The summed E-state index contributed by atoms with van der Waals surface area (Å²) >= 11 is 0. The molecule has 0 fully saturated rings. The molecule has 0 spiro atoms. The minimum atomic E-state index is -0.330. The monoisotopic (exact) mass is 378 g/mol. The molecule has 5 nitrogen and oxygen atoms in total. The van der Waals surface area contributed by atoms with Crippen LogP contribution < -0.4 is 5.32 Å². The lowest BCUT2D eigenvalue weighted by Crippen LogP contribution is -2.37. The van der Waals surface area contributed by atoms with Crippen LogP contribution in [0.5, 0.6) is 0 Å². The SMILES string of the molecule is CCc1ccc([C@@H](NC(=O)CCN2C(=O)c3ccccc3C2=O)C(C)C)cc1. The van der Waals surface area contributed by atoms with Crippen molar-refractivity contribution >= 4 is 17.7 Å². The summed E-state index contributed by atoms with van der Waals surface area (Å²) in [6.45, 7) is 6.30. The van der Waals surface area contributed by atoms with Gasteiger partial charge in [0.05, 0.1) is 17.2 Å². The summed E-state index contributed by atoms with van der Waals surface area (Å²) in [5.41, 5.74) is 3.12. The molecule has 1 atom stereocenters. The number of aryl methyl sites for hydroxylation is 1. The molecular weight excluding hydrogens is 352 g/mol. The quantitative estimate of drug-likeness (QED) is 0.746. The van der Waals surface area contributed by atoms with Gasteiger partial charge in [-0.15, -0.1) is 0 Å². The number of amides is 3. The van der Waals surface area contributed by atoms with E-state index in [9.17, 15) is 14.4 Å². The normalized spacial score (nSPS) is 14.4. The highest BCUT2D eigenvalue weighted by molar-refractivity contribution is 6.21. The van der Waals surface area contributed by atoms with E-state index in [2.05, 4.69) is 38.2 Å². The number of rotatable bonds is 7. The summed E-state index contributed by atoms with van der Waals surface area (Å²) in [5.74, 6) is -0.613. The fourth-order valence-corrected chi connectivity index (χ4v) is 3.50. The lowest BCUT2D eigenvalue weighted by Gasteiger charge is -2.24. The number of nitrogens with one attached hydrogen (secondary N) is 1. The maximum Gasteiger partial charge on any atom is 0.261 e. The molecule has 2 aromatic rings. The minimum absolute atomic E-state index is 0.0811. The second-order valence-electron chi connectivity index (χ2n) is 7.44. The van der Waals surface area contributed by atoms with Crippen molar-refractivity contribution in [2.24, 2.45) is 5.92 Å². The smallest absolute Gasteiger partial charge is 0.261 e. The number of fused-ring (bicyclic) bond motifs is 1. The number of imide groups is 1. The zero-order valence-electron chi connectivity index (χ0n) is 16.6. The molecule has 0 saturated carbocycles. The molecule has 5 heteroatoms. The predicted molar refractivity (Wildman–Crippen MR) is 108 cm³/mol. The highest BCUT2D eigenvalue weighted by Crippen LogP contribution is 2.24. The number of nitrogens with zero attached hydrogens (tertiary/aromatic N) is 1. The zero-order valence-corrected chi connectivity index (χ0v) is 16.6. The lowest BCUT2D eigenvalue weighted by atomic mass is 9.94. The molecule has 0 saturated heterocycles. The number of hydrogen-bond donors (Lipinski definition) is 1. The van der Waals surface area contributed by atoms with Gasteiger partial charge in [0, 0.05) is 13.0 Å². The minimum Gasteiger partial charge on any atom is -0.349 e. The van der Waals surface area contributed by atoms with Crippen molar-refractivity contribution in [3.63, 3.8) is 0 Å². The molecule has 0 aliphatic carbocycles. The van der Waals surface area contributed by atoms with Crippen molar-refractivity contribution in [2.75, 3.05) is 6.54 Å². The highest BCUT2D eigenvalue weighted by Gasteiger charge is 2.35. The molecule has 3 amide bonds. The van der Waals surface area contributed by atoms with Gasteiger partial charge in [-0.1, -0.05) is 57.2 Å². The molecule has 1 heterocycles. The second kappa shape index (κ2) is 8.38. The Balaban J connectivity index is 1.63. The van der Waals surface area contributed by atoms with Crippen molar-refractivity contribution in [3.8, 4) is 0 Å². The average Bonchev–Trinajstić information content (AvgIpc) is 2.95. The largest absolute Gasteiger partial charge is 0.349 e. The van der Waals surface area contributed by atoms with Crippen LogP contribution in [-0.4, -0.2) is 29.2 Å².